The van der Waals surface area contributed by atoms with E-state index in [1.807, 2.05) is 27.7 Å². The van der Waals surface area contributed by atoms with E-state index in [0.717, 1.165) is 0 Å². The molecule has 3 heterocycles. The van der Waals surface area contributed by atoms with Crippen LogP contribution in [0.1, 0.15) is 27.7 Å². The molecule has 0 aromatic rings. The molecule has 0 bridgehead atoms. The lowest BCUT2D eigenvalue weighted by Crippen LogP contribution is -2.40. The quantitative estimate of drug-likeness (QED) is 0.690. The van der Waals surface area contributed by atoms with Gasteiger partial charge in [-0.1, -0.05) is 0 Å². The SMILES string of the molecule is CC1(C)OCC([C@@H]2OCC3OC(C)(C)OC32)O1. The minimum absolute atomic E-state index is 0.0160. The fourth-order valence-electron chi connectivity index (χ4n) is 2.77. The normalized spacial score (nSPS) is 47.3. The monoisotopic (exact) mass is 244 g/mol. The summed E-state index contributed by atoms with van der Waals surface area (Å²) in [6.07, 6.45) is -0.198. The molecule has 0 aliphatic carbocycles. The molecule has 3 unspecified atom stereocenters. The molecular formula is C12H20O5. The standard InChI is InChI=1S/C12H20O5/c1-11(2)14-6-8(15-11)9-10-7(5-13-9)16-12(3,4)17-10/h7-10H,5-6H2,1-4H3/t7?,8?,9-,10?/m0/s1. The minimum Gasteiger partial charge on any atom is -0.370 e. The summed E-state index contributed by atoms with van der Waals surface area (Å²) in [5.74, 6) is -1.05. The Labute approximate surface area is 101 Å². The van der Waals surface area contributed by atoms with Gasteiger partial charge in [0, 0.05) is 0 Å². The zero-order valence-electron chi connectivity index (χ0n) is 10.8. The van der Waals surface area contributed by atoms with Crippen molar-refractivity contribution in [3.8, 4) is 0 Å². The smallest absolute Gasteiger partial charge is 0.164 e. The van der Waals surface area contributed by atoms with Crippen LogP contribution in [0.5, 0.6) is 0 Å². The molecule has 3 aliphatic heterocycles. The molecule has 5 nitrogen and oxygen atoms in total. The number of ether oxygens (including phenoxy) is 5. The molecule has 98 valence electrons. The Kier molecular flexibility index (Phi) is 2.55. The van der Waals surface area contributed by atoms with E-state index in [1.54, 1.807) is 0 Å². The average Bonchev–Trinajstić information content (AvgIpc) is 2.77. The minimum atomic E-state index is -0.527. The van der Waals surface area contributed by atoms with Gasteiger partial charge >= 0.3 is 0 Å². The zero-order chi connectivity index (χ0) is 12.3. The third-order valence-corrected chi connectivity index (χ3v) is 3.40. The van der Waals surface area contributed by atoms with Crippen molar-refractivity contribution in [3.05, 3.63) is 0 Å². The van der Waals surface area contributed by atoms with Gasteiger partial charge in [-0.25, -0.2) is 0 Å². The van der Waals surface area contributed by atoms with Crippen LogP contribution in [0.25, 0.3) is 0 Å². The van der Waals surface area contributed by atoms with E-state index in [9.17, 15) is 0 Å². The van der Waals surface area contributed by atoms with Crippen molar-refractivity contribution >= 4 is 0 Å². The van der Waals surface area contributed by atoms with Gasteiger partial charge in [0.2, 0.25) is 0 Å². The van der Waals surface area contributed by atoms with Gasteiger partial charge in [-0.3, -0.25) is 0 Å². The van der Waals surface area contributed by atoms with Gasteiger partial charge in [-0.15, -0.1) is 0 Å². The highest BCUT2D eigenvalue weighted by Gasteiger charge is 2.54. The largest absolute Gasteiger partial charge is 0.370 e. The van der Waals surface area contributed by atoms with E-state index in [2.05, 4.69) is 0 Å². The van der Waals surface area contributed by atoms with Crippen molar-refractivity contribution in [1.29, 1.82) is 0 Å². The molecule has 0 spiro atoms. The van der Waals surface area contributed by atoms with E-state index in [0.29, 0.717) is 13.2 Å². The van der Waals surface area contributed by atoms with E-state index in [4.69, 9.17) is 23.7 Å². The van der Waals surface area contributed by atoms with Crippen LogP contribution in [0.3, 0.4) is 0 Å². The number of fused-ring (bicyclic) bond motifs is 1. The first-order valence-electron chi connectivity index (χ1n) is 6.15. The van der Waals surface area contributed by atoms with E-state index in [-0.39, 0.29) is 24.4 Å². The van der Waals surface area contributed by atoms with Crippen molar-refractivity contribution in [2.24, 2.45) is 0 Å². The number of rotatable bonds is 1. The maximum atomic E-state index is 5.88. The van der Waals surface area contributed by atoms with Gasteiger partial charge < -0.3 is 23.7 Å². The summed E-state index contributed by atoms with van der Waals surface area (Å²) in [6.45, 7) is 8.80. The Balaban J connectivity index is 1.70. The first-order chi connectivity index (χ1) is 7.86. The highest BCUT2D eigenvalue weighted by molar-refractivity contribution is 4.97. The number of hydrogen-bond donors (Lipinski definition) is 0. The molecule has 0 saturated carbocycles. The molecule has 0 aromatic carbocycles. The zero-order valence-corrected chi connectivity index (χ0v) is 10.8. The second-order valence-electron chi connectivity index (χ2n) is 5.80. The van der Waals surface area contributed by atoms with Gasteiger partial charge in [-0.2, -0.15) is 0 Å². The predicted molar refractivity (Wildman–Crippen MR) is 58.5 cm³/mol. The molecule has 3 aliphatic rings. The molecule has 0 radical (unpaired) electrons. The molecule has 0 N–H and O–H groups in total. The summed E-state index contributed by atoms with van der Waals surface area (Å²) >= 11 is 0. The molecule has 4 atom stereocenters. The molecular weight excluding hydrogens is 224 g/mol. The second kappa shape index (κ2) is 3.65. The van der Waals surface area contributed by atoms with Crippen molar-refractivity contribution < 1.29 is 23.7 Å². The lowest BCUT2D eigenvalue weighted by atomic mass is 10.1. The van der Waals surface area contributed by atoms with Crippen LogP contribution in [-0.2, 0) is 23.7 Å². The van der Waals surface area contributed by atoms with Crippen molar-refractivity contribution in [3.63, 3.8) is 0 Å². The van der Waals surface area contributed by atoms with E-state index < -0.39 is 11.6 Å². The molecule has 0 aromatic heterocycles. The maximum absolute atomic E-state index is 5.88. The third kappa shape index (κ3) is 2.11. The summed E-state index contributed by atoms with van der Waals surface area (Å²) in [5, 5.41) is 0. The third-order valence-electron chi connectivity index (χ3n) is 3.40. The van der Waals surface area contributed by atoms with Gasteiger partial charge in [0.15, 0.2) is 11.6 Å². The lowest BCUT2D eigenvalue weighted by molar-refractivity contribution is -0.195. The van der Waals surface area contributed by atoms with Crippen molar-refractivity contribution in [2.75, 3.05) is 13.2 Å². The molecule has 3 saturated heterocycles. The second-order valence-corrected chi connectivity index (χ2v) is 5.80. The van der Waals surface area contributed by atoms with Crippen LogP contribution < -0.4 is 0 Å². The average molecular weight is 244 g/mol. The summed E-state index contributed by atoms with van der Waals surface area (Å²) < 4.78 is 28.8. The highest BCUT2D eigenvalue weighted by Crippen LogP contribution is 2.39. The van der Waals surface area contributed by atoms with Gasteiger partial charge in [0.1, 0.15) is 24.4 Å². The first kappa shape index (κ1) is 11.9. The van der Waals surface area contributed by atoms with E-state index >= 15 is 0 Å². The molecule has 0 amide bonds. The highest BCUT2D eigenvalue weighted by atomic mass is 16.8. The number of hydrogen-bond acceptors (Lipinski definition) is 5. The van der Waals surface area contributed by atoms with Crippen LogP contribution in [0, 0.1) is 0 Å². The summed E-state index contributed by atoms with van der Waals surface area (Å²) in [7, 11) is 0. The van der Waals surface area contributed by atoms with Crippen LogP contribution in [0.4, 0.5) is 0 Å². The van der Waals surface area contributed by atoms with Crippen LogP contribution in [-0.4, -0.2) is 49.2 Å². The summed E-state index contributed by atoms with van der Waals surface area (Å²) in [6, 6.07) is 0. The first-order valence-corrected chi connectivity index (χ1v) is 6.15. The molecule has 5 heteroatoms. The Morgan fingerprint density at radius 2 is 1.41 bits per heavy atom. The topological polar surface area (TPSA) is 46.2 Å². The lowest BCUT2D eigenvalue weighted by Gasteiger charge is -2.25. The Morgan fingerprint density at radius 1 is 0.765 bits per heavy atom. The van der Waals surface area contributed by atoms with Crippen LogP contribution in [0.15, 0.2) is 0 Å². The van der Waals surface area contributed by atoms with Crippen molar-refractivity contribution in [2.45, 2.75) is 63.7 Å². The fourth-order valence-corrected chi connectivity index (χ4v) is 2.77. The van der Waals surface area contributed by atoms with Gasteiger partial charge in [-0.05, 0) is 27.7 Å². The van der Waals surface area contributed by atoms with Gasteiger partial charge in [0.25, 0.3) is 0 Å². The Hall–Kier alpha value is -0.200. The summed E-state index contributed by atoms with van der Waals surface area (Å²) in [4.78, 5) is 0. The molecule has 3 rings (SSSR count). The Morgan fingerprint density at radius 3 is 2.06 bits per heavy atom. The maximum Gasteiger partial charge on any atom is 0.164 e. The Bertz CT molecular complexity index is 314. The summed E-state index contributed by atoms with van der Waals surface area (Å²) in [5.41, 5.74) is 0. The van der Waals surface area contributed by atoms with Crippen LogP contribution >= 0.6 is 0 Å². The van der Waals surface area contributed by atoms with E-state index in [1.165, 1.54) is 0 Å². The van der Waals surface area contributed by atoms with Crippen molar-refractivity contribution in [1.82, 2.24) is 0 Å². The van der Waals surface area contributed by atoms with Gasteiger partial charge in [0.05, 0.1) is 13.2 Å². The molecule has 3 fully saturated rings. The predicted octanol–water partition coefficient (Wildman–Crippen LogP) is 1.06. The fraction of sp³-hybridized carbons (Fsp3) is 1.00. The molecule has 17 heavy (non-hydrogen) atoms. The van der Waals surface area contributed by atoms with Crippen LogP contribution in [0.2, 0.25) is 0 Å².